The summed E-state index contributed by atoms with van der Waals surface area (Å²) in [6.45, 7) is 1.81. The van der Waals surface area contributed by atoms with Crippen LogP contribution in [0.25, 0.3) is 0 Å². The maximum atomic E-state index is 13.6. The third-order valence-corrected chi connectivity index (χ3v) is 3.07. The maximum Gasteiger partial charge on any atom is 0.165 e. The van der Waals surface area contributed by atoms with Crippen LogP contribution in [0.2, 0.25) is 0 Å². The third kappa shape index (κ3) is 3.33. The lowest BCUT2D eigenvalue weighted by Crippen LogP contribution is -2.25. The van der Waals surface area contributed by atoms with Gasteiger partial charge in [0.25, 0.3) is 0 Å². The zero-order valence-corrected chi connectivity index (χ0v) is 11.1. The first-order valence-corrected chi connectivity index (χ1v) is 6.46. The molecule has 0 amide bonds. The van der Waals surface area contributed by atoms with Crippen LogP contribution in [0, 0.1) is 11.6 Å². The Morgan fingerprint density at radius 1 is 1.10 bits per heavy atom. The van der Waals surface area contributed by atoms with E-state index in [0.29, 0.717) is 12.0 Å². The number of ether oxygens (including phenoxy) is 1. The van der Waals surface area contributed by atoms with E-state index in [1.165, 1.54) is 0 Å². The lowest BCUT2D eigenvalue weighted by atomic mass is 10.0. The second-order valence-corrected chi connectivity index (χ2v) is 4.49. The lowest BCUT2D eigenvalue weighted by molar-refractivity contribution is 0.0307. The van der Waals surface area contributed by atoms with Crippen molar-refractivity contribution in [3.05, 3.63) is 65.7 Å². The van der Waals surface area contributed by atoms with E-state index in [-0.39, 0.29) is 5.75 Å². The number of hydrogen-bond donors (Lipinski definition) is 1. The highest BCUT2D eigenvalue weighted by molar-refractivity contribution is 5.26. The first-order valence-electron chi connectivity index (χ1n) is 6.46. The van der Waals surface area contributed by atoms with Crippen LogP contribution < -0.4 is 4.74 Å². The van der Waals surface area contributed by atoms with Crippen molar-refractivity contribution in [1.29, 1.82) is 0 Å². The van der Waals surface area contributed by atoms with Gasteiger partial charge in [-0.1, -0.05) is 37.3 Å². The predicted molar refractivity (Wildman–Crippen MR) is 72.5 cm³/mol. The zero-order chi connectivity index (χ0) is 14.5. The number of aliphatic hydroxyl groups is 1. The van der Waals surface area contributed by atoms with Crippen molar-refractivity contribution < 1.29 is 18.6 Å². The first kappa shape index (κ1) is 14.5. The zero-order valence-electron chi connectivity index (χ0n) is 11.1. The molecule has 0 aliphatic rings. The van der Waals surface area contributed by atoms with Crippen LogP contribution >= 0.6 is 0 Å². The quantitative estimate of drug-likeness (QED) is 0.900. The van der Waals surface area contributed by atoms with E-state index < -0.39 is 23.8 Å². The van der Waals surface area contributed by atoms with Crippen molar-refractivity contribution in [3.63, 3.8) is 0 Å². The smallest absolute Gasteiger partial charge is 0.165 e. The topological polar surface area (TPSA) is 29.5 Å². The number of hydrogen-bond acceptors (Lipinski definition) is 2. The van der Waals surface area contributed by atoms with Crippen LogP contribution in [0.5, 0.6) is 5.75 Å². The van der Waals surface area contributed by atoms with Gasteiger partial charge in [-0.15, -0.1) is 0 Å². The Kier molecular flexibility index (Phi) is 4.69. The Labute approximate surface area is 116 Å². The van der Waals surface area contributed by atoms with Gasteiger partial charge >= 0.3 is 0 Å². The summed E-state index contributed by atoms with van der Waals surface area (Å²) in [5.74, 6) is -1.41. The highest BCUT2D eigenvalue weighted by atomic mass is 19.1. The van der Waals surface area contributed by atoms with Crippen molar-refractivity contribution in [2.24, 2.45) is 0 Å². The van der Waals surface area contributed by atoms with Gasteiger partial charge in [-0.2, -0.15) is 0 Å². The average Bonchev–Trinajstić information content (AvgIpc) is 2.48. The monoisotopic (exact) mass is 278 g/mol. The summed E-state index contributed by atoms with van der Waals surface area (Å²) in [6.07, 6.45) is -1.08. The molecule has 0 aliphatic heterocycles. The Balaban J connectivity index is 2.18. The molecule has 2 rings (SSSR count). The summed E-state index contributed by atoms with van der Waals surface area (Å²) < 4.78 is 32.1. The Bertz CT molecular complexity index is 558. The first-order chi connectivity index (χ1) is 9.61. The fourth-order valence-electron chi connectivity index (χ4n) is 1.97. The molecule has 0 fully saturated rings. The molecule has 0 bridgehead atoms. The van der Waals surface area contributed by atoms with E-state index in [4.69, 9.17) is 4.74 Å². The molecule has 0 aromatic heterocycles. The van der Waals surface area contributed by atoms with Crippen molar-refractivity contribution in [1.82, 2.24) is 0 Å². The molecule has 1 N–H and O–H groups in total. The summed E-state index contributed by atoms with van der Waals surface area (Å²) in [5, 5.41) is 10.3. The van der Waals surface area contributed by atoms with Crippen molar-refractivity contribution in [3.8, 4) is 5.75 Å². The predicted octanol–water partition coefficient (Wildman–Crippen LogP) is 3.86. The second-order valence-electron chi connectivity index (χ2n) is 4.49. The largest absolute Gasteiger partial charge is 0.484 e. The highest BCUT2D eigenvalue weighted by Gasteiger charge is 2.22. The number of halogens is 2. The summed E-state index contributed by atoms with van der Waals surface area (Å²) in [7, 11) is 0. The van der Waals surface area contributed by atoms with Crippen molar-refractivity contribution >= 4 is 0 Å². The average molecular weight is 278 g/mol. The molecule has 0 spiro atoms. The fraction of sp³-hybridized carbons (Fsp3) is 0.250. The Hall–Kier alpha value is -1.94. The summed E-state index contributed by atoms with van der Waals surface area (Å²) in [6, 6.07) is 12.0. The molecule has 2 aromatic rings. The van der Waals surface area contributed by atoms with E-state index in [1.807, 2.05) is 13.0 Å². The molecule has 2 aromatic carbocycles. The lowest BCUT2D eigenvalue weighted by Gasteiger charge is -2.23. The van der Waals surface area contributed by atoms with E-state index in [2.05, 4.69) is 0 Å². The van der Waals surface area contributed by atoms with Gasteiger partial charge in [0.2, 0.25) is 0 Å². The van der Waals surface area contributed by atoms with Crippen LogP contribution in [0.4, 0.5) is 8.78 Å². The van der Waals surface area contributed by atoms with Gasteiger partial charge in [0.15, 0.2) is 11.6 Å². The van der Waals surface area contributed by atoms with Crippen molar-refractivity contribution in [2.45, 2.75) is 25.6 Å². The van der Waals surface area contributed by atoms with Gasteiger partial charge < -0.3 is 9.84 Å². The van der Waals surface area contributed by atoms with Crippen LogP contribution in [0.1, 0.15) is 25.0 Å². The van der Waals surface area contributed by atoms with Crippen LogP contribution in [-0.4, -0.2) is 11.2 Å². The molecular formula is C16H16F2O2. The van der Waals surface area contributed by atoms with E-state index in [0.717, 1.165) is 18.2 Å². The van der Waals surface area contributed by atoms with E-state index in [1.54, 1.807) is 24.3 Å². The van der Waals surface area contributed by atoms with E-state index in [9.17, 15) is 13.9 Å². The minimum atomic E-state index is -0.899. The normalized spacial score (nSPS) is 13.8. The standard InChI is InChI=1S/C16H16F2O2/c1-2-14(16(19)11-6-4-3-5-7-11)20-15-10-12(17)8-9-13(15)18/h3-10,14,16,19H,2H2,1H3. The summed E-state index contributed by atoms with van der Waals surface area (Å²) in [5.41, 5.74) is 0.677. The number of aliphatic hydroxyl groups excluding tert-OH is 1. The van der Waals surface area contributed by atoms with Crippen LogP contribution in [0.3, 0.4) is 0 Å². The molecular weight excluding hydrogens is 262 g/mol. The van der Waals surface area contributed by atoms with E-state index >= 15 is 0 Å². The molecule has 0 heterocycles. The maximum absolute atomic E-state index is 13.6. The summed E-state index contributed by atoms with van der Waals surface area (Å²) >= 11 is 0. The Morgan fingerprint density at radius 3 is 2.45 bits per heavy atom. The molecule has 2 unspecified atom stereocenters. The van der Waals surface area contributed by atoms with Gasteiger partial charge in [-0.3, -0.25) is 0 Å². The molecule has 106 valence electrons. The molecule has 0 aliphatic carbocycles. The SMILES string of the molecule is CCC(Oc1cc(F)ccc1F)C(O)c1ccccc1. The highest BCUT2D eigenvalue weighted by Crippen LogP contribution is 2.26. The minimum absolute atomic E-state index is 0.188. The third-order valence-electron chi connectivity index (χ3n) is 3.07. The van der Waals surface area contributed by atoms with Gasteiger partial charge in [0.1, 0.15) is 18.0 Å². The van der Waals surface area contributed by atoms with Crippen molar-refractivity contribution in [2.75, 3.05) is 0 Å². The van der Waals surface area contributed by atoms with Crippen LogP contribution in [-0.2, 0) is 0 Å². The molecule has 0 saturated heterocycles. The molecule has 2 atom stereocenters. The fourth-order valence-corrected chi connectivity index (χ4v) is 1.97. The van der Waals surface area contributed by atoms with Gasteiger partial charge in [0.05, 0.1) is 0 Å². The molecule has 20 heavy (non-hydrogen) atoms. The summed E-state index contributed by atoms with van der Waals surface area (Å²) in [4.78, 5) is 0. The molecule has 4 heteroatoms. The second kappa shape index (κ2) is 6.48. The molecule has 0 radical (unpaired) electrons. The minimum Gasteiger partial charge on any atom is -0.484 e. The number of benzene rings is 2. The Morgan fingerprint density at radius 2 is 1.80 bits per heavy atom. The molecule has 2 nitrogen and oxygen atoms in total. The van der Waals surface area contributed by atoms with Crippen LogP contribution in [0.15, 0.2) is 48.5 Å². The van der Waals surface area contributed by atoms with Gasteiger partial charge in [0, 0.05) is 6.07 Å². The van der Waals surface area contributed by atoms with Gasteiger partial charge in [-0.25, -0.2) is 8.78 Å². The van der Waals surface area contributed by atoms with Gasteiger partial charge in [-0.05, 0) is 24.1 Å². The number of rotatable bonds is 5. The molecule has 0 saturated carbocycles.